The number of aromatic nitrogens is 1. The van der Waals surface area contributed by atoms with E-state index in [1.54, 1.807) is 0 Å². The molecule has 0 spiro atoms. The van der Waals surface area contributed by atoms with Crippen LogP contribution < -0.4 is 0 Å². The molecular formula is C21H16IrN-. The summed E-state index contributed by atoms with van der Waals surface area (Å²) in [5.41, 5.74) is 11.1. The van der Waals surface area contributed by atoms with E-state index >= 15 is 0 Å². The molecule has 2 aromatic carbocycles. The van der Waals surface area contributed by atoms with Crippen LogP contribution in [-0.2, 0) is 45.8 Å². The summed E-state index contributed by atoms with van der Waals surface area (Å²) in [4.78, 5) is 4.50. The van der Waals surface area contributed by atoms with Gasteiger partial charge in [-0.15, -0.1) is 28.8 Å². The number of hydrogen-bond acceptors (Lipinski definition) is 1. The molecule has 0 fully saturated rings. The predicted molar refractivity (Wildman–Crippen MR) is 88.8 cm³/mol. The Labute approximate surface area is 150 Å². The first-order valence-electron chi connectivity index (χ1n) is 8.01. The maximum absolute atomic E-state index is 4.50. The van der Waals surface area contributed by atoms with Crippen molar-refractivity contribution in [1.29, 1.82) is 0 Å². The van der Waals surface area contributed by atoms with Gasteiger partial charge < -0.3 is 4.98 Å². The van der Waals surface area contributed by atoms with Crippen LogP contribution in [0, 0.1) is 6.07 Å². The normalized spacial score (nSPS) is 13.9. The van der Waals surface area contributed by atoms with Crippen LogP contribution in [0.2, 0.25) is 0 Å². The van der Waals surface area contributed by atoms with E-state index in [2.05, 4.69) is 47.4 Å². The summed E-state index contributed by atoms with van der Waals surface area (Å²) >= 11 is 0. The summed E-state index contributed by atoms with van der Waals surface area (Å²) < 4.78 is 0. The quantitative estimate of drug-likeness (QED) is 0.476. The van der Waals surface area contributed by atoms with Crippen molar-refractivity contribution in [2.45, 2.75) is 25.7 Å². The van der Waals surface area contributed by atoms with E-state index in [-0.39, 0.29) is 20.1 Å². The summed E-state index contributed by atoms with van der Waals surface area (Å²) in [7, 11) is 0. The van der Waals surface area contributed by atoms with E-state index < -0.39 is 0 Å². The first kappa shape index (κ1) is 14.8. The molecule has 115 valence electrons. The topological polar surface area (TPSA) is 12.9 Å². The fourth-order valence-corrected chi connectivity index (χ4v) is 3.98. The largest absolute Gasteiger partial charge is 0.305 e. The Hall–Kier alpha value is -1.76. The average Bonchev–Trinajstić information content (AvgIpc) is 2.60. The second-order valence-electron chi connectivity index (χ2n) is 6.23. The minimum Gasteiger partial charge on any atom is -0.305 e. The Morgan fingerprint density at radius 2 is 1.57 bits per heavy atom. The van der Waals surface area contributed by atoms with Crippen LogP contribution in [-0.4, -0.2) is 4.98 Å². The smallest absolute Gasteiger partial charge is 0.0160 e. The van der Waals surface area contributed by atoms with Gasteiger partial charge in [0.2, 0.25) is 0 Å². The second-order valence-corrected chi connectivity index (χ2v) is 6.23. The fourth-order valence-electron chi connectivity index (χ4n) is 3.98. The van der Waals surface area contributed by atoms with Crippen LogP contribution in [0.15, 0.2) is 48.7 Å². The van der Waals surface area contributed by atoms with Gasteiger partial charge in [-0.3, -0.25) is 0 Å². The maximum Gasteiger partial charge on any atom is 0.0160 e. The zero-order valence-corrected chi connectivity index (χ0v) is 15.1. The molecule has 1 aromatic heterocycles. The molecule has 0 saturated heterocycles. The van der Waals surface area contributed by atoms with Crippen LogP contribution in [0.1, 0.15) is 22.3 Å². The molecule has 2 aliphatic rings. The van der Waals surface area contributed by atoms with Gasteiger partial charge in [-0.1, -0.05) is 41.5 Å². The van der Waals surface area contributed by atoms with E-state index in [9.17, 15) is 0 Å². The van der Waals surface area contributed by atoms with Crippen molar-refractivity contribution in [3.05, 3.63) is 77.0 Å². The molecule has 1 nitrogen and oxygen atoms in total. The molecule has 0 unspecified atom stereocenters. The van der Waals surface area contributed by atoms with Gasteiger partial charge in [0.15, 0.2) is 0 Å². The molecule has 5 rings (SSSR count). The summed E-state index contributed by atoms with van der Waals surface area (Å²) in [5, 5.41) is 0. The van der Waals surface area contributed by atoms with Crippen molar-refractivity contribution < 1.29 is 20.1 Å². The van der Waals surface area contributed by atoms with Gasteiger partial charge in [-0.2, -0.15) is 0 Å². The first-order chi connectivity index (χ1) is 10.9. The Morgan fingerprint density at radius 1 is 0.783 bits per heavy atom. The molecule has 23 heavy (non-hydrogen) atoms. The summed E-state index contributed by atoms with van der Waals surface area (Å²) in [5.74, 6) is 0. The molecule has 0 bridgehead atoms. The number of benzene rings is 2. The number of nitrogens with zero attached hydrogens (tertiary/aromatic N) is 1. The van der Waals surface area contributed by atoms with Crippen molar-refractivity contribution in [2.24, 2.45) is 0 Å². The van der Waals surface area contributed by atoms with E-state index in [0.29, 0.717) is 0 Å². The van der Waals surface area contributed by atoms with Gasteiger partial charge in [0, 0.05) is 26.3 Å². The molecule has 0 saturated carbocycles. The zero-order chi connectivity index (χ0) is 14.5. The van der Waals surface area contributed by atoms with Crippen molar-refractivity contribution in [1.82, 2.24) is 4.98 Å². The van der Waals surface area contributed by atoms with Crippen molar-refractivity contribution in [2.75, 3.05) is 0 Å². The number of rotatable bonds is 1. The molecule has 3 aromatic rings. The van der Waals surface area contributed by atoms with Crippen LogP contribution in [0.25, 0.3) is 22.4 Å². The molecule has 0 atom stereocenters. The minimum atomic E-state index is 0. The predicted octanol–water partition coefficient (Wildman–Crippen LogP) is 4.41. The Balaban J connectivity index is 0.00000135. The Morgan fingerprint density at radius 3 is 2.35 bits per heavy atom. The molecule has 2 heteroatoms. The molecular weight excluding hydrogens is 458 g/mol. The van der Waals surface area contributed by atoms with Crippen LogP contribution in [0.4, 0.5) is 0 Å². The molecule has 1 radical (unpaired) electrons. The van der Waals surface area contributed by atoms with Crippen molar-refractivity contribution in [3.63, 3.8) is 0 Å². The molecule has 1 heterocycles. The standard InChI is InChI=1S/C21H16N.Ir/c1-2-11-22-19(6-1)18-12-16-9-7-14-4-3-5-15-8-10-17(13-18)21(16)20(14)15;/h1-6,11-12H,7-10H2;/q-1;. The van der Waals surface area contributed by atoms with E-state index in [1.807, 2.05) is 12.3 Å². The van der Waals surface area contributed by atoms with Gasteiger partial charge in [0.1, 0.15) is 0 Å². The van der Waals surface area contributed by atoms with Gasteiger partial charge in [-0.25, -0.2) is 0 Å². The first-order valence-corrected chi connectivity index (χ1v) is 8.01. The second kappa shape index (κ2) is 5.70. The zero-order valence-electron chi connectivity index (χ0n) is 12.7. The van der Waals surface area contributed by atoms with Gasteiger partial charge in [-0.05, 0) is 48.6 Å². The van der Waals surface area contributed by atoms with E-state index in [1.165, 1.54) is 33.4 Å². The molecule has 0 aliphatic heterocycles. The van der Waals surface area contributed by atoms with Crippen LogP contribution in [0.5, 0.6) is 0 Å². The van der Waals surface area contributed by atoms with E-state index in [4.69, 9.17) is 0 Å². The summed E-state index contributed by atoms with van der Waals surface area (Å²) in [6.07, 6.45) is 6.38. The third-order valence-corrected chi connectivity index (χ3v) is 4.96. The molecule has 2 aliphatic carbocycles. The molecule has 0 N–H and O–H groups in total. The van der Waals surface area contributed by atoms with Crippen LogP contribution in [0.3, 0.4) is 0 Å². The van der Waals surface area contributed by atoms with Crippen molar-refractivity contribution >= 4 is 0 Å². The third kappa shape index (κ3) is 2.29. The van der Waals surface area contributed by atoms with Crippen molar-refractivity contribution in [3.8, 4) is 22.4 Å². The average molecular weight is 475 g/mol. The SMILES string of the molecule is [Ir].[c-]1c(-c2ccccn2)cc2c3c1CCc1cccc(c1-3)CC2. The summed E-state index contributed by atoms with van der Waals surface area (Å²) in [6.45, 7) is 0. The van der Waals surface area contributed by atoms with Crippen LogP contribution >= 0.6 is 0 Å². The van der Waals surface area contributed by atoms with E-state index in [0.717, 1.165) is 36.9 Å². The number of aryl methyl sites for hydroxylation is 4. The number of hydrogen-bond donors (Lipinski definition) is 0. The van der Waals surface area contributed by atoms with Gasteiger partial charge >= 0.3 is 0 Å². The minimum absolute atomic E-state index is 0. The molecule has 0 amide bonds. The Bertz CT molecular complexity index is 836. The fraction of sp³-hybridized carbons (Fsp3) is 0.190. The summed E-state index contributed by atoms with van der Waals surface area (Å²) in [6, 6.07) is 18.9. The maximum atomic E-state index is 4.50. The van der Waals surface area contributed by atoms with Gasteiger partial charge in [0.25, 0.3) is 0 Å². The Kier molecular flexibility index (Phi) is 3.67. The number of pyridine rings is 1. The monoisotopic (exact) mass is 475 g/mol. The van der Waals surface area contributed by atoms with Gasteiger partial charge in [0.05, 0.1) is 0 Å². The third-order valence-electron chi connectivity index (χ3n) is 4.96.